The van der Waals surface area contributed by atoms with Crippen molar-refractivity contribution in [1.29, 1.82) is 0 Å². The smallest absolute Gasteiger partial charge is 0.226 e. The molecule has 5 heteroatoms. The summed E-state index contributed by atoms with van der Waals surface area (Å²) in [6.07, 6.45) is 0.836. The Morgan fingerprint density at radius 2 is 2.05 bits per heavy atom. The maximum Gasteiger partial charge on any atom is 0.226 e. The predicted octanol–water partition coefficient (Wildman–Crippen LogP) is 2.50. The molecule has 21 heavy (non-hydrogen) atoms. The van der Waals surface area contributed by atoms with Crippen LogP contribution in [-0.2, 0) is 4.79 Å². The van der Waals surface area contributed by atoms with E-state index in [4.69, 9.17) is 4.74 Å². The number of carbonyl (C=O) groups is 1. The first-order valence-electron chi connectivity index (χ1n) is 7.14. The van der Waals surface area contributed by atoms with Crippen molar-refractivity contribution in [3.8, 4) is 5.75 Å². The highest BCUT2D eigenvalue weighted by Crippen LogP contribution is 2.16. The van der Waals surface area contributed by atoms with Gasteiger partial charge in [-0.05, 0) is 32.0 Å². The SMILES string of the molecule is CNCC(C)C(=O)N(C)CCCOc1ccccc1C.Cl. The number of amides is 1. The lowest BCUT2D eigenvalue weighted by atomic mass is 10.1. The van der Waals surface area contributed by atoms with Gasteiger partial charge in [-0.15, -0.1) is 12.4 Å². The van der Waals surface area contributed by atoms with Crippen LogP contribution in [0.2, 0.25) is 0 Å². The Morgan fingerprint density at radius 1 is 1.38 bits per heavy atom. The molecule has 0 radical (unpaired) electrons. The zero-order valence-corrected chi connectivity index (χ0v) is 14.2. The first-order valence-corrected chi connectivity index (χ1v) is 7.14. The van der Waals surface area contributed by atoms with E-state index in [0.717, 1.165) is 24.3 Å². The minimum atomic E-state index is 0. The van der Waals surface area contributed by atoms with E-state index in [0.29, 0.717) is 13.2 Å². The molecule has 1 aromatic rings. The summed E-state index contributed by atoms with van der Waals surface area (Å²) in [5, 5.41) is 3.03. The van der Waals surface area contributed by atoms with Gasteiger partial charge in [0.2, 0.25) is 5.91 Å². The van der Waals surface area contributed by atoms with Crippen LogP contribution in [0, 0.1) is 12.8 Å². The van der Waals surface area contributed by atoms with Gasteiger partial charge >= 0.3 is 0 Å². The summed E-state index contributed by atoms with van der Waals surface area (Å²) in [5.41, 5.74) is 1.14. The van der Waals surface area contributed by atoms with Crippen molar-refractivity contribution >= 4 is 18.3 Å². The molecule has 0 saturated heterocycles. The van der Waals surface area contributed by atoms with E-state index in [9.17, 15) is 4.79 Å². The van der Waals surface area contributed by atoms with E-state index in [-0.39, 0.29) is 24.2 Å². The van der Waals surface area contributed by atoms with Crippen LogP contribution in [0.1, 0.15) is 18.9 Å². The van der Waals surface area contributed by atoms with Crippen molar-refractivity contribution in [2.24, 2.45) is 5.92 Å². The topological polar surface area (TPSA) is 41.6 Å². The highest BCUT2D eigenvalue weighted by molar-refractivity contribution is 5.85. The van der Waals surface area contributed by atoms with Crippen LogP contribution in [-0.4, -0.2) is 44.6 Å². The van der Waals surface area contributed by atoms with Crippen molar-refractivity contribution in [1.82, 2.24) is 10.2 Å². The number of carbonyl (C=O) groups excluding carboxylic acids is 1. The van der Waals surface area contributed by atoms with Gasteiger partial charge in [0.15, 0.2) is 0 Å². The molecule has 4 nitrogen and oxygen atoms in total. The highest BCUT2D eigenvalue weighted by atomic mass is 35.5. The molecule has 0 aliphatic rings. The van der Waals surface area contributed by atoms with Gasteiger partial charge in [0.05, 0.1) is 6.61 Å². The van der Waals surface area contributed by atoms with Crippen LogP contribution in [0.15, 0.2) is 24.3 Å². The van der Waals surface area contributed by atoms with Crippen LogP contribution in [0.3, 0.4) is 0 Å². The minimum absolute atomic E-state index is 0. The zero-order valence-electron chi connectivity index (χ0n) is 13.4. The van der Waals surface area contributed by atoms with E-state index in [1.54, 1.807) is 4.90 Å². The number of aryl methyl sites for hydroxylation is 1. The summed E-state index contributed by atoms with van der Waals surface area (Å²) >= 11 is 0. The maximum absolute atomic E-state index is 12.0. The number of rotatable bonds is 8. The summed E-state index contributed by atoms with van der Waals surface area (Å²) in [7, 11) is 3.71. The summed E-state index contributed by atoms with van der Waals surface area (Å²) in [6, 6.07) is 7.97. The lowest BCUT2D eigenvalue weighted by molar-refractivity contribution is -0.133. The molecule has 0 saturated carbocycles. The Balaban J connectivity index is 0.00000400. The summed E-state index contributed by atoms with van der Waals surface area (Å²) in [4.78, 5) is 13.8. The lowest BCUT2D eigenvalue weighted by Crippen LogP contribution is -2.36. The summed E-state index contributed by atoms with van der Waals surface area (Å²) < 4.78 is 5.72. The molecule has 0 aromatic heterocycles. The van der Waals surface area contributed by atoms with E-state index in [2.05, 4.69) is 5.32 Å². The zero-order chi connectivity index (χ0) is 15.0. The molecular weight excluding hydrogens is 288 g/mol. The Hall–Kier alpha value is -1.26. The molecule has 1 atom stereocenters. The van der Waals surface area contributed by atoms with Gasteiger partial charge in [-0.3, -0.25) is 4.79 Å². The van der Waals surface area contributed by atoms with Crippen molar-refractivity contribution in [2.45, 2.75) is 20.3 Å². The van der Waals surface area contributed by atoms with E-state index >= 15 is 0 Å². The molecule has 1 rings (SSSR count). The molecule has 0 heterocycles. The third-order valence-electron chi connectivity index (χ3n) is 3.30. The fraction of sp³-hybridized carbons (Fsp3) is 0.562. The summed E-state index contributed by atoms with van der Waals surface area (Å²) in [5.74, 6) is 1.11. The van der Waals surface area contributed by atoms with Crippen LogP contribution in [0.5, 0.6) is 5.75 Å². The van der Waals surface area contributed by atoms with Crippen molar-refractivity contribution in [2.75, 3.05) is 33.8 Å². The molecule has 1 N–H and O–H groups in total. The number of benzene rings is 1. The molecule has 1 unspecified atom stereocenters. The Morgan fingerprint density at radius 3 is 2.67 bits per heavy atom. The summed E-state index contributed by atoms with van der Waals surface area (Å²) in [6.45, 7) is 6.04. The van der Waals surface area contributed by atoms with Gasteiger partial charge in [0.1, 0.15) is 5.75 Å². The Labute approximate surface area is 134 Å². The fourth-order valence-corrected chi connectivity index (χ4v) is 2.08. The quantitative estimate of drug-likeness (QED) is 0.750. The number of para-hydroxylation sites is 1. The van der Waals surface area contributed by atoms with Crippen molar-refractivity contribution in [3.05, 3.63) is 29.8 Å². The monoisotopic (exact) mass is 314 g/mol. The maximum atomic E-state index is 12.0. The first-order chi connectivity index (χ1) is 9.56. The molecule has 120 valence electrons. The number of halogens is 1. The number of hydrogen-bond acceptors (Lipinski definition) is 3. The van der Waals surface area contributed by atoms with Gasteiger partial charge in [0.25, 0.3) is 0 Å². The average Bonchev–Trinajstić information content (AvgIpc) is 2.44. The van der Waals surface area contributed by atoms with Gasteiger partial charge in [-0.1, -0.05) is 25.1 Å². The number of nitrogens with zero attached hydrogens (tertiary/aromatic N) is 1. The molecule has 0 bridgehead atoms. The molecular formula is C16H27ClN2O2. The van der Waals surface area contributed by atoms with Crippen molar-refractivity contribution < 1.29 is 9.53 Å². The molecule has 1 aromatic carbocycles. The lowest BCUT2D eigenvalue weighted by Gasteiger charge is -2.21. The normalized spacial score (nSPS) is 11.4. The van der Waals surface area contributed by atoms with Gasteiger partial charge < -0.3 is 15.0 Å². The second kappa shape index (κ2) is 10.5. The molecule has 1 amide bonds. The predicted molar refractivity (Wildman–Crippen MR) is 89.3 cm³/mol. The average molecular weight is 315 g/mol. The Kier molecular flexibility index (Phi) is 9.84. The number of hydrogen-bond donors (Lipinski definition) is 1. The van der Waals surface area contributed by atoms with Gasteiger partial charge in [0, 0.05) is 26.1 Å². The van der Waals surface area contributed by atoms with E-state index in [1.807, 2.05) is 52.2 Å². The van der Waals surface area contributed by atoms with Crippen LogP contribution >= 0.6 is 12.4 Å². The Bertz CT molecular complexity index is 426. The largest absolute Gasteiger partial charge is 0.493 e. The molecule has 0 fully saturated rings. The second-order valence-electron chi connectivity index (χ2n) is 5.19. The second-order valence-corrected chi connectivity index (χ2v) is 5.19. The third-order valence-corrected chi connectivity index (χ3v) is 3.30. The molecule has 0 aliphatic heterocycles. The van der Waals surface area contributed by atoms with Crippen molar-refractivity contribution in [3.63, 3.8) is 0 Å². The van der Waals surface area contributed by atoms with E-state index in [1.165, 1.54) is 0 Å². The highest BCUT2D eigenvalue weighted by Gasteiger charge is 2.16. The fourth-order valence-electron chi connectivity index (χ4n) is 2.08. The molecule has 0 aliphatic carbocycles. The number of nitrogens with one attached hydrogen (secondary N) is 1. The van der Waals surface area contributed by atoms with Crippen LogP contribution in [0.4, 0.5) is 0 Å². The number of ether oxygens (including phenoxy) is 1. The van der Waals surface area contributed by atoms with Gasteiger partial charge in [-0.2, -0.15) is 0 Å². The van der Waals surface area contributed by atoms with Gasteiger partial charge in [-0.25, -0.2) is 0 Å². The molecule has 0 spiro atoms. The first kappa shape index (κ1) is 19.7. The third kappa shape index (κ3) is 6.82. The standard InChI is InChI=1S/C16H26N2O2.ClH/c1-13-8-5-6-9-15(13)20-11-7-10-18(4)16(19)14(2)12-17-3;/h5-6,8-9,14,17H,7,10-12H2,1-4H3;1H. The minimum Gasteiger partial charge on any atom is -0.493 e. The van der Waals surface area contributed by atoms with Crippen LogP contribution in [0.25, 0.3) is 0 Å². The van der Waals surface area contributed by atoms with Crippen LogP contribution < -0.4 is 10.1 Å². The van der Waals surface area contributed by atoms with E-state index < -0.39 is 0 Å².